The van der Waals surface area contributed by atoms with E-state index in [0.29, 0.717) is 6.61 Å². The molecule has 9 heavy (non-hydrogen) atoms. The van der Waals surface area contributed by atoms with Gasteiger partial charge in [-0.25, -0.2) is 0 Å². The Kier molecular flexibility index (Phi) is 3.50. The third-order valence-corrected chi connectivity index (χ3v) is 1.22. The third-order valence-electron chi connectivity index (χ3n) is 1.22. The van der Waals surface area contributed by atoms with Crippen LogP contribution in [-0.2, 0) is 4.74 Å². The van der Waals surface area contributed by atoms with Gasteiger partial charge in [-0.05, 0) is 13.8 Å². The summed E-state index contributed by atoms with van der Waals surface area (Å²) in [6.45, 7) is 7.81. The van der Waals surface area contributed by atoms with Gasteiger partial charge in [0, 0.05) is 6.61 Å². The van der Waals surface area contributed by atoms with Crippen molar-refractivity contribution in [2.24, 2.45) is 0 Å². The minimum Gasteiger partial charge on any atom is -0.393 e. The van der Waals surface area contributed by atoms with Gasteiger partial charge in [-0.2, -0.15) is 0 Å². The Hall–Kier alpha value is -0.340. The minimum absolute atomic E-state index is 0.00958. The highest BCUT2D eigenvalue weighted by Crippen LogP contribution is 2.08. The normalized spacial score (nSPS) is 16.8. The number of aliphatic hydroxyl groups is 1. The highest BCUT2D eigenvalue weighted by molar-refractivity contribution is 4.92. The van der Waals surface area contributed by atoms with E-state index in [9.17, 15) is 0 Å². The first kappa shape index (κ1) is 8.66. The van der Waals surface area contributed by atoms with Gasteiger partial charge in [0.1, 0.15) is 5.60 Å². The Morgan fingerprint density at radius 2 is 2.33 bits per heavy atom. The van der Waals surface area contributed by atoms with Crippen LogP contribution in [0.5, 0.6) is 0 Å². The molecule has 2 heteroatoms. The molecule has 0 spiro atoms. The number of rotatable bonds is 4. The maximum atomic E-state index is 8.72. The van der Waals surface area contributed by atoms with Crippen LogP contribution in [0.1, 0.15) is 13.8 Å². The zero-order chi connectivity index (χ0) is 7.33. The smallest absolute Gasteiger partial charge is 0.106 e. The van der Waals surface area contributed by atoms with E-state index in [4.69, 9.17) is 9.84 Å². The summed E-state index contributed by atoms with van der Waals surface area (Å²) >= 11 is 0. The zero-order valence-electron chi connectivity index (χ0n) is 6.05. The molecular formula is C7H14O2. The van der Waals surface area contributed by atoms with Gasteiger partial charge in [-0.15, -0.1) is 6.58 Å². The van der Waals surface area contributed by atoms with E-state index in [1.165, 1.54) is 0 Å². The predicted octanol–water partition coefficient (Wildman–Crippen LogP) is 0.960. The van der Waals surface area contributed by atoms with Gasteiger partial charge in [0.2, 0.25) is 0 Å². The van der Waals surface area contributed by atoms with Crippen LogP contribution in [0.25, 0.3) is 0 Å². The van der Waals surface area contributed by atoms with E-state index < -0.39 is 5.60 Å². The van der Waals surface area contributed by atoms with Crippen LogP contribution < -0.4 is 0 Å². The summed E-state index contributed by atoms with van der Waals surface area (Å²) in [6, 6.07) is 0. The van der Waals surface area contributed by atoms with E-state index in [0.717, 1.165) is 0 Å². The van der Waals surface area contributed by atoms with Gasteiger partial charge < -0.3 is 9.84 Å². The Labute approximate surface area is 56.1 Å². The van der Waals surface area contributed by atoms with Crippen LogP contribution in [0.3, 0.4) is 0 Å². The molecule has 0 heterocycles. The standard InChI is InChI=1S/C7H14O2/c1-4-7(3,6-8)9-5-2/h4,8H,1,5-6H2,2-3H3. The molecule has 0 bridgehead atoms. The average molecular weight is 130 g/mol. The third kappa shape index (κ3) is 2.63. The lowest BCUT2D eigenvalue weighted by Crippen LogP contribution is -2.30. The van der Waals surface area contributed by atoms with Crippen molar-refractivity contribution in [3.8, 4) is 0 Å². The first-order chi connectivity index (χ1) is 4.18. The van der Waals surface area contributed by atoms with Crippen LogP contribution in [0.4, 0.5) is 0 Å². The van der Waals surface area contributed by atoms with Crippen molar-refractivity contribution in [2.45, 2.75) is 19.4 Å². The molecule has 1 N–H and O–H groups in total. The molecule has 0 aromatic heterocycles. The topological polar surface area (TPSA) is 29.5 Å². The molecule has 0 rings (SSSR count). The highest BCUT2D eigenvalue weighted by Gasteiger charge is 2.17. The molecule has 0 saturated heterocycles. The van der Waals surface area contributed by atoms with Gasteiger partial charge in [0.25, 0.3) is 0 Å². The first-order valence-electron chi connectivity index (χ1n) is 3.07. The Balaban J connectivity index is 3.76. The molecule has 0 aromatic rings. The van der Waals surface area contributed by atoms with Crippen molar-refractivity contribution in [2.75, 3.05) is 13.2 Å². The molecule has 0 radical (unpaired) electrons. The largest absolute Gasteiger partial charge is 0.393 e. The fourth-order valence-corrected chi connectivity index (χ4v) is 0.499. The summed E-state index contributed by atoms with van der Waals surface area (Å²) < 4.78 is 5.16. The van der Waals surface area contributed by atoms with Crippen molar-refractivity contribution in [1.29, 1.82) is 0 Å². The first-order valence-corrected chi connectivity index (χ1v) is 3.07. The van der Waals surface area contributed by atoms with E-state index in [1.54, 1.807) is 13.0 Å². The van der Waals surface area contributed by atoms with Gasteiger partial charge in [0.15, 0.2) is 0 Å². The highest BCUT2D eigenvalue weighted by atomic mass is 16.5. The second-order valence-electron chi connectivity index (χ2n) is 2.11. The van der Waals surface area contributed by atoms with Gasteiger partial charge in [0.05, 0.1) is 6.61 Å². The Morgan fingerprint density at radius 3 is 2.44 bits per heavy atom. The number of hydrogen-bond donors (Lipinski definition) is 1. The fraction of sp³-hybridized carbons (Fsp3) is 0.714. The Morgan fingerprint density at radius 1 is 1.78 bits per heavy atom. The summed E-state index contributed by atoms with van der Waals surface area (Å²) in [6.07, 6.45) is 1.61. The van der Waals surface area contributed by atoms with Crippen molar-refractivity contribution in [3.63, 3.8) is 0 Å². The van der Waals surface area contributed by atoms with Crippen LogP contribution in [0.2, 0.25) is 0 Å². The summed E-state index contributed by atoms with van der Waals surface area (Å²) in [7, 11) is 0. The molecule has 2 nitrogen and oxygen atoms in total. The SMILES string of the molecule is C=CC(C)(CO)OCC. The summed E-state index contributed by atoms with van der Waals surface area (Å²) in [5, 5.41) is 8.72. The second-order valence-corrected chi connectivity index (χ2v) is 2.11. The van der Waals surface area contributed by atoms with Gasteiger partial charge in [-0.1, -0.05) is 6.08 Å². The maximum absolute atomic E-state index is 8.72. The quantitative estimate of drug-likeness (QED) is 0.574. The molecule has 0 fully saturated rings. The maximum Gasteiger partial charge on any atom is 0.106 e. The predicted molar refractivity (Wildman–Crippen MR) is 37.3 cm³/mol. The molecule has 0 aliphatic rings. The Bertz CT molecular complexity index is 90.9. The number of ether oxygens (including phenoxy) is 1. The number of hydrogen-bond acceptors (Lipinski definition) is 2. The zero-order valence-corrected chi connectivity index (χ0v) is 6.05. The molecule has 0 aliphatic heterocycles. The van der Waals surface area contributed by atoms with E-state index in [2.05, 4.69) is 6.58 Å². The molecular weight excluding hydrogens is 116 g/mol. The van der Waals surface area contributed by atoms with Gasteiger partial charge >= 0.3 is 0 Å². The van der Waals surface area contributed by atoms with E-state index >= 15 is 0 Å². The summed E-state index contributed by atoms with van der Waals surface area (Å²) in [4.78, 5) is 0. The van der Waals surface area contributed by atoms with E-state index in [1.807, 2.05) is 6.92 Å². The molecule has 1 atom stereocenters. The second kappa shape index (κ2) is 3.64. The van der Waals surface area contributed by atoms with Crippen molar-refractivity contribution in [1.82, 2.24) is 0 Å². The molecule has 54 valence electrons. The molecule has 0 amide bonds. The van der Waals surface area contributed by atoms with Gasteiger partial charge in [-0.3, -0.25) is 0 Å². The lowest BCUT2D eigenvalue weighted by atomic mass is 10.1. The molecule has 0 saturated carbocycles. The molecule has 1 unspecified atom stereocenters. The minimum atomic E-state index is -0.547. The monoisotopic (exact) mass is 130 g/mol. The molecule has 0 aromatic carbocycles. The van der Waals surface area contributed by atoms with Crippen LogP contribution >= 0.6 is 0 Å². The van der Waals surface area contributed by atoms with Crippen LogP contribution in [0.15, 0.2) is 12.7 Å². The molecule has 0 aliphatic carbocycles. The van der Waals surface area contributed by atoms with Crippen LogP contribution in [-0.4, -0.2) is 23.9 Å². The summed E-state index contributed by atoms with van der Waals surface area (Å²) in [5.41, 5.74) is -0.547. The average Bonchev–Trinajstić information content (AvgIpc) is 1.89. The summed E-state index contributed by atoms with van der Waals surface area (Å²) in [5.74, 6) is 0. The lowest BCUT2D eigenvalue weighted by molar-refractivity contribution is -0.0258. The van der Waals surface area contributed by atoms with Crippen LogP contribution in [0, 0.1) is 0 Å². The number of aliphatic hydroxyl groups excluding tert-OH is 1. The van der Waals surface area contributed by atoms with E-state index in [-0.39, 0.29) is 6.61 Å². The van der Waals surface area contributed by atoms with Crippen molar-refractivity contribution < 1.29 is 9.84 Å². The lowest BCUT2D eigenvalue weighted by Gasteiger charge is -2.22. The van der Waals surface area contributed by atoms with Crippen molar-refractivity contribution >= 4 is 0 Å². The fourth-order valence-electron chi connectivity index (χ4n) is 0.499. The van der Waals surface area contributed by atoms with Crippen molar-refractivity contribution in [3.05, 3.63) is 12.7 Å².